The number of rotatable bonds is 2. The minimum Gasteiger partial charge on any atom is -0.235 e. The second kappa shape index (κ2) is 3.87. The molecule has 14 heavy (non-hydrogen) atoms. The van der Waals surface area contributed by atoms with Gasteiger partial charge in [0.2, 0.25) is 0 Å². The first-order valence-electron chi connectivity index (χ1n) is 3.53. The summed E-state index contributed by atoms with van der Waals surface area (Å²) in [6, 6.07) is 7.79. The number of nitrogens with zero attached hydrogens (tertiary/aromatic N) is 3. The predicted octanol–water partition coefficient (Wildman–Crippen LogP) is 1.03. The lowest BCUT2D eigenvalue weighted by molar-refractivity contribution is -0.445. The number of hydrazine groups is 1. The first-order valence-corrected chi connectivity index (χ1v) is 3.53. The van der Waals surface area contributed by atoms with Crippen molar-refractivity contribution in [2.45, 2.75) is 0 Å². The smallest absolute Gasteiger partial charge is 0.162 e. The van der Waals surface area contributed by atoms with Crippen LogP contribution < -0.4 is 5.43 Å². The summed E-state index contributed by atoms with van der Waals surface area (Å²) in [6.07, 6.45) is 0. The summed E-state index contributed by atoms with van der Waals surface area (Å²) in [5, 5.41) is 26.6. The fourth-order valence-corrected chi connectivity index (χ4v) is 0.950. The van der Waals surface area contributed by atoms with Gasteiger partial charge in [-0.3, -0.25) is 0 Å². The van der Waals surface area contributed by atoms with E-state index in [1.54, 1.807) is 12.1 Å². The molecule has 0 amide bonds. The van der Waals surface area contributed by atoms with E-state index >= 15 is 0 Å². The van der Waals surface area contributed by atoms with Gasteiger partial charge in [-0.1, -0.05) is 6.07 Å². The summed E-state index contributed by atoms with van der Waals surface area (Å²) in [7, 11) is 0. The van der Waals surface area contributed by atoms with Crippen molar-refractivity contribution in [1.29, 1.82) is 10.5 Å². The van der Waals surface area contributed by atoms with Gasteiger partial charge in [0.25, 0.3) is 0 Å². The number of hydrogen-bond acceptors (Lipinski definition) is 4. The van der Waals surface area contributed by atoms with Crippen LogP contribution in [-0.4, -0.2) is 5.03 Å². The van der Waals surface area contributed by atoms with Crippen molar-refractivity contribution in [3.05, 3.63) is 39.4 Å². The van der Waals surface area contributed by atoms with Crippen LogP contribution in [0.4, 0.5) is 5.69 Å². The Kier molecular flexibility index (Phi) is 2.63. The quantitative estimate of drug-likeness (QED) is 0.551. The molecular weight excluding hydrogens is 184 g/mol. The van der Waals surface area contributed by atoms with Gasteiger partial charge in [-0.15, -0.1) is 5.43 Å². The SMILES string of the molecule is N#Cc1cccc(C#N)c1N[N+](=O)[O-]. The Morgan fingerprint density at radius 2 is 1.79 bits per heavy atom. The highest BCUT2D eigenvalue weighted by Gasteiger charge is 2.11. The fraction of sp³-hybridized carbons (Fsp3) is 0. The molecule has 68 valence electrons. The molecule has 0 aliphatic carbocycles. The van der Waals surface area contributed by atoms with Gasteiger partial charge in [0.15, 0.2) is 5.03 Å². The summed E-state index contributed by atoms with van der Waals surface area (Å²) in [5.41, 5.74) is 1.89. The third-order valence-electron chi connectivity index (χ3n) is 1.51. The first kappa shape index (κ1) is 9.49. The molecule has 6 nitrogen and oxygen atoms in total. The van der Waals surface area contributed by atoms with Crippen molar-refractivity contribution in [2.24, 2.45) is 0 Å². The van der Waals surface area contributed by atoms with Gasteiger partial charge in [0.05, 0.1) is 11.1 Å². The summed E-state index contributed by atoms with van der Waals surface area (Å²) in [5.74, 6) is 0. The highest BCUT2D eigenvalue weighted by atomic mass is 16.7. The van der Waals surface area contributed by atoms with Crippen molar-refractivity contribution < 1.29 is 5.03 Å². The molecule has 0 aliphatic heterocycles. The van der Waals surface area contributed by atoms with Crippen LogP contribution in [0.3, 0.4) is 0 Å². The zero-order chi connectivity index (χ0) is 10.6. The number of nitriles is 2. The molecule has 0 bridgehead atoms. The number of anilines is 1. The van der Waals surface area contributed by atoms with E-state index in [2.05, 4.69) is 0 Å². The van der Waals surface area contributed by atoms with Crippen molar-refractivity contribution in [3.8, 4) is 12.1 Å². The Balaban J connectivity index is 3.29. The number of benzene rings is 1. The zero-order valence-corrected chi connectivity index (χ0v) is 6.89. The van der Waals surface area contributed by atoms with E-state index in [0.717, 1.165) is 0 Å². The first-order chi connectivity index (χ1) is 6.69. The molecule has 0 unspecified atom stereocenters. The number of hydrogen-bond donors (Lipinski definition) is 1. The molecule has 6 heteroatoms. The average molecular weight is 188 g/mol. The van der Waals surface area contributed by atoms with Crippen LogP contribution in [-0.2, 0) is 0 Å². The molecule has 1 aromatic rings. The second-order valence-corrected chi connectivity index (χ2v) is 2.32. The maximum atomic E-state index is 10.2. The Labute approximate surface area is 79.1 Å². The maximum Gasteiger partial charge on any atom is 0.162 e. The van der Waals surface area contributed by atoms with Crippen molar-refractivity contribution in [1.82, 2.24) is 0 Å². The molecule has 0 atom stereocenters. The topological polar surface area (TPSA) is 103 Å². The van der Waals surface area contributed by atoms with E-state index in [0.29, 0.717) is 0 Å². The average Bonchev–Trinajstić information content (AvgIpc) is 2.17. The van der Waals surface area contributed by atoms with Gasteiger partial charge in [-0.2, -0.15) is 10.5 Å². The standard InChI is InChI=1S/C8H4N4O2/c9-4-6-2-1-3-7(5-10)8(6)11-12(13)14/h1-3,11H. The van der Waals surface area contributed by atoms with Crippen LogP contribution in [0.25, 0.3) is 0 Å². The summed E-state index contributed by atoms with van der Waals surface area (Å²) >= 11 is 0. The highest BCUT2D eigenvalue weighted by Crippen LogP contribution is 2.19. The molecule has 0 spiro atoms. The lowest BCUT2D eigenvalue weighted by Gasteiger charge is -2.01. The molecule has 1 N–H and O–H groups in total. The monoisotopic (exact) mass is 188 g/mol. The fourth-order valence-electron chi connectivity index (χ4n) is 0.950. The minimum atomic E-state index is -0.809. The molecule has 0 heterocycles. The van der Waals surface area contributed by atoms with Crippen LogP contribution >= 0.6 is 0 Å². The lowest BCUT2D eigenvalue weighted by atomic mass is 10.1. The van der Waals surface area contributed by atoms with Gasteiger partial charge in [0, 0.05) is 0 Å². The summed E-state index contributed by atoms with van der Waals surface area (Å²) in [6.45, 7) is 0. The Bertz CT molecular complexity index is 423. The van der Waals surface area contributed by atoms with Gasteiger partial charge >= 0.3 is 0 Å². The largest absolute Gasteiger partial charge is 0.235 e. The highest BCUT2D eigenvalue weighted by molar-refractivity contribution is 5.65. The number of nitro groups is 1. The Morgan fingerprint density at radius 1 is 1.29 bits per heavy atom. The summed E-state index contributed by atoms with van der Waals surface area (Å²) in [4.78, 5) is 10.2. The van der Waals surface area contributed by atoms with Gasteiger partial charge in [-0.05, 0) is 12.1 Å². The van der Waals surface area contributed by atoms with Crippen molar-refractivity contribution in [2.75, 3.05) is 5.43 Å². The Hall–Kier alpha value is -2.60. The van der Waals surface area contributed by atoms with Crippen molar-refractivity contribution >= 4 is 5.69 Å². The van der Waals surface area contributed by atoms with E-state index in [9.17, 15) is 10.1 Å². The maximum absolute atomic E-state index is 10.2. The van der Waals surface area contributed by atoms with Crippen LogP contribution in [0.15, 0.2) is 18.2 Å². The predicted molar refractivity (Wildman–Crippen MR) is 46.5 cm³/mol. The summed E-state index contributed by atoms with van der Waals surface area (Å²) < 4.78 is 0. The number of para-hydroxylation sites is 1. The van der Waals surface area contributed by atoms with Crippen LogP contribution in [0.1, 0.15) is 11.1 Å². The number of nitrogens with one attached hydrogen (secondary N) is 1. The van der Waals surface area contributed by atoms with E-state index < -0.39 is 5.03 Å². The minimum absolute atomic E-state index is 0.0671. The van der Waals surface area contributed by atoms with Gasteiger partial charge in [0.1, 0.15) is 17.8 Å². The lowest BCUT2D eigenvalue weighted by Crippen LogP contribution is -2.10. The van der Waals surface area contributed by atoms with Crippen LogP contribution in [0.5, 0.6) is 0 Å². The van der Waals surface area contributed by atoms with Gasteiger partial charge in [-0.25, -0.2) is 10.1 Å². The van der Waals surface area contributed by atoms with E-state index in [1.807, 2.05) is 5.43 Å². The molecule has 1 rings (SSSR count). The molecule has 0 fully saturated rings. The van der Waals surface area contributed by atoms with Crippen LogP contribution in [0.2, 0.25) is 0 Å². The molecule has 0 saturated heterocycles. The molecule has 0 aromatic heterocycles. The Morgan fingerprint density at radius 3 is 2.14 bits per heavy atom. The van der Waals surface area contributed by atoms with E-state index in [1.165, 1.54) is 18.2 Å². The normalized spacial score (nSPS) is 8.43. The zero-order valence-electron chi connectivity index (χ0n) is 6.89. The van der Waals surface area contributed by atoms with E-state index in [-0.39, 0.29) is 16.8 Å². The third-order valence-corrected chi connectivity index (χ3v) is 1.51. The molecule has 1 aromatic carbocycles. The molecule has 0 radical (unpaired) electrons. The molecule has 0 aliphatic rings. The molecular formula is C8H4N4O2. The van der Waals surface area contributed by atoms with Crippen molar-refractivity contribution in [3.63, 3.8) is 0 Å². The van der Waals surface area contributed by atoms with E-state index in [4.69, 9.17) is 10.5 Å². The molecule has 0 saturated carbocycles. The third kappa shape index (κ3) is 1.76. The second-order valence-electron chi connectivity index (χ2n) is 2.32. The van der Waals surface area contributed by atoms with Crippen LogP contribution in [0, 0.1) is 32.8 Å². The van der Waals surface area contributed by atoms with Gasteiger partial charge < -0.3 is 0 Å².